The zero-order valence-electron chi connectivity index (χ0n) is 12.7. The Labute approximate surface area is 121 Å². The summed E-state index contributed by atoms with van der Waals surface area (Å²) in [7, 11) is 1.69. The molecule has 0 spiro atoms. The Morgan fingerprint density at radius 2 is 1.75 bits per heavy atom. The van der Waals surface area contributed by atoms with E-state index in [4.69, 9.17) is 4.74 Å². The van der Waals surface area contributed by atoms with E-state index in [-0.39, 0.29) is 0 Å². The standard InChI is InChI=1S/C18H23NO/c1-13-5-6-17(14(2)11-13)12-19-15(3)16-7-9-18(20-4)10-8-16/h5-11,15,19H,12H2,1-4H3. The number of hydrogen-bond acceptors (Lipinski definition) is 2. The monoisotopic (exact) mass is 269 g/mol. The molecule has 106 valence electrons. The van der Waals surface area contributed by atoms with Crippen LogP contribution in [0.3, 0.4) is 0 Å². The van der Waals surface area contributed by atoms with E-state index in [0.29, 0.717) is 6.04 Å². The summed E-state index contributed by atoms with van der Waals surface area (Å²) in [6.45, 7) is 7.37. The van der Waals surface area contributed by atoms with Crippen LogP contribution in [0.4, 0.5) is 0 Å². The molecule has 2 heteroatoms. The van der Waals surface area contributed by atoms with Crippen molar-refractivity contribution in [3.8, 4) is 5.75 Å². The molecule has 0 heterocycles. The van der Waals surface area contributed by atoms with E-state index in [9.17, 15) is 0 Å². The molecular formula is C18H23NO. The van der Waals surface area contributed by atoms with Gasteiger partial charge < -0.3 is 10.1 Å². The fourth-order valence-corrected chi connectivity index (χ4v) is 2.32. The third-order valence-corrected chi connectivity index (χ3v) is 3.71. The maximum Gasteiger partial charge on any atom is 0.118 e. The maximum atomic E-state index is 5.18. The highest BCUT2D eigenvalue weighted by molar-refractivity contribution is 5.31. The minimum Gasteiger partial charge on any atom is -0.497 e. The summed E-state index contributed by atoms with van der Waals surface area (Å²) in [4.78, 5) is 0. The van der Waals surface area contributed by atoms with E-state index >= 15 is 0 Å². The van der Waals surface area contributed by atoms with Gasteiger partial charge in [-0.2, -0.15) is 0 Å². The number of nitrogens with one attached hydrogen (secondary N) is 1. The second-order valence-corrected chi connectivity index (χ2v) is 5.31. The minimum atomic E-state index is 0.321. The van der Waals surface area contributed by atoms with E-state index in [1.165, 1.54) is 22.3 Å². The third kappa shape index (κ3) is 3.61. The lowest BCUT2D eigenvalue weighted by Gasteiger charge is -2.16. The lowest BCUT2D eigenvalue weighted by molar-refractivity contribution is 0.414. The lowest BCUT2D eigenvalue weighted by Crippen LogP contribution is -2.18. The molecule has 1 atom stereocenters. The van der Waals surface area contributed by atoms with Crippen molar-refractivity contribution in [1.29, 1.82) is 0 Å². The zero-order valence-corrected chi connectivity index (χ0v) is 12.7. The second kappa shape index (κ2) is 6.58. The Kier molecular flexibility index (Phi) is 4.80. The summed E-state index contributed by atoms with van der Waals surface area (Å²) in [6.07, 6.45) is 0. The summed E-state index contributed by atoms with van der Waals surface area (Å²) in [5.74, 6) is 0.898. The molecule has 0 fully saturated rings. The van der Waals surface area contributed by atoms with E-state index in [1.54, 1.807) is 7.11 Å². The van der Waals surface area contributed by atoms with Gasteiger partial charge in [-0.1, -0.05) is 35.9 Å². The molecule has 0 aliphatic heterocycles. The first-order chi connectivity index (χ1) is 9.60. The van der Waals surface area contributed by atoms with Crippen LogP contribution in [-0.2, 0) is 6.54 Å². The van der Waals surface area contributed by atoms with Crippen molar-refractivity contribution < 1.29 is 4.74 Å². The van der Waals surface area contributed by atoms with E-state index in [2.05, 4.69) is 56.4 Å². The molecule has 2 nitrogen and oxygen atoms in total. The fraction of sp³-hybridized carbons (Fsp3) is 0.333. The van der Waals surface area contributed by atoms with Crippen LogP contribution in [0.1, 0.15) is 35.2 Å². The highest BCUT2D eigenvalue weighted by atomic mass is 16.5. The van der Waals surface area contributed by atoms with Crippen LogP contribution in [0.15, 0.2) is 42.5 Å². The number of benzene rings is 2. The molecule has 2 rings (SSSR count). The van der Waals surface area contributed by atoms with Crippen molar-refractivity contribution in [1.82, 2.24) is 5.32 Å². The number of hydrogen-bond donors (Lipinski definition) is 1. The molecule has 2 aromatic carbocycles. The van der Waals surface area contributed by atoms with Crippen LogP contribution >= 0.6 is 0 Å². The van der Waals surface area contributed by atoms with Crippen molar-refractivity contribution in [2.75, 3.05) is 7.11 Å². The molecule has 1 N–H and O–H groups in total. The van der Waals surface area contributed by atoms with Crippen LogP contribution in [-0.4, -0.2) is 7.11 Å². The number of rotatable bonds is 5. The summed E-state index contributed by atoms with van der Waals surface area (Å²) in [5, 5.41) is 3.57. The van der Waals surface area contributed by atoms with E-state index in [1.807, 2.05) is 12.1 Å². The molecule has 0 radical (unpaired) electrons. The fourth-order valence-electron chi connectivity index (χ4n) is 2.32. The Hall–Kier alpha value is -1.80. The topological polar surface area (TPSA) is 21.3 Å². The molecule has 0 aromatic heterocycles. The zero-order chi connectivity index (χ0) is 14.5. The van der Waals surface area contributed by atoms with Gasteiger partial charge in [0.2, 0.25) is 0 Å². The molecule has 0 saturated heterocycles. The van der Waals surface area contributed by atoms with Crippen molar-refractivity contribution in [2.45, 2.75) is 33.4 Å². The van der Waals surface area contributed by atoms with Gasteiger partial charge in [-0.15, -0.1) is 0 Å². The van der Waals surface area contributed by atoms with Crippen LogP contribution in [0, 0.1) is 13.8 Å². The van der Waals surface area contributed by atoms with Gasteiger partial charge in [-0.3, -0.25) is 0 Å². The quantitative estimate of drug-likeness (QED) is 0.880. The molecule has 0 saturated carbocycles. The largest absolute Gasteiger partial charge is 0.497 e. The van der Waals surface area contributed by atoms with Crippen LogP contribution < -0.4 is 10.1 Å². The van der Waals surface area contributed by atoms with Crippen LogP contribution in [0.25, 0.3) is 0 Å². The average Bonchev–Trinajstić information content (AvgIpc) is 2.46. The predicted octanol–water partition coefficient (Wildman–Crippen LogP) is 4.16. The van der Waals surface area contributed by atoms with Crippen molar-refractivity contribution in [3.05, 3.63) is 64.7 Å². The van der Waals surface area contributed by atoms with E-state index < -0.39 is 0 Å². The second-order valence-electron chi connectivity index (χ2n) is 5.31. The molecular weight excluding hydrogens is 246 g/mol. The van der Waals surface area contributed by atoms with Crippen molar-refractivity contribution in [2.24, 2.45) is 0 Å². The normalized spacial score (nSPS) is 12.2. The molecule has 0 aliphatic carbocycles. The van der Waals surface area contributed by atoms with Gasteiger partial charge in [0.15, 0.2) is 0 Å². The number of aryl methyl sites for hydroxylation is 2. The summed E-state index contributed by atoms with van der Waals surface area (Å²) in [6, 6.07) is 15.2. The highest BCUT2D eigenvalue weighted by Crippen LogP contribution is 2.18. The Morgan fingerprint density at radius 1 is 1.05 bits per heavy atom. The summed E-state index contributed by atoms with van der Waals surface area (Å²) in [5.41, 5.74) is 5.29. The van der Waals surface area contributed by atoms with Gasteiger partial charge in [0, 0.05) is 12.6 Å². The summed E-state index contributed by atoms with van der Waals surface area (Å²) >= 11 is 0. The van der Waals surface area contributed by atoms with Gasteiger partial charge in [0.25, 0.3) is 0 Å². The molecule has 20 heavy (non-hydrogen) atoms. The molecule has 0 amide bonds. The average molecular weight is 269 g/mol. The van der Waals surface area contributed by atoms with Gasteiger partial charge in [0.1, 0.15) is 5.75 Å². The lowest BCUT2D eigenvalue weighted by atomic mass is 10.0. The first-order valence-electron chi connectivity index (χ1n) is 7.03. The summed E-state index contributed by atoms with van der Waals surface area (Å²) < 4.78 is 5.18. The Bertz CT molecular complexity index is 560. The minimum absolute atomic E-state index is 0.321. The van der Waals surface area contributed by atoms with E-state index in [0.717, 1.165) is 12.3 Å². The van der Waals surface area contributed by atoms with Gasteiger partial charge in [-0.25, -0.2) is 0 Å². The highest BCUT2D eigenvalue weighted by Gasteiger charge is 2.06. The first kappa shape index (κ1) is 14.6. The molecule has 1 unspecified atom stereocenters. The molecule has 0 bridgehead atoms. The van der Waals surface area contributed by atoms with Crippen molar-refractivity contribution >= 4 is 0 Å². The maximum absolute atomic E-state index is 5.18. The van der Waals surface area contributed by atoms with Crippen LogP contribution in [0.5, 0.6) is 5.75 Å². The predicted molar refractivity (Wildman–Crippen MR) is 84.2 cm³/mol. The smallest absolute Gasteiger partial charge is 0.118 e. The van der Waals surface area contributed by atoms with Gasteiger partial charge in [-0.05, 0) is 49.6 Å². The number of methoxy groups -OCH3 is 1. The third-order valence-electron chi connectivity index (χ3n) is 3.71. The Morgan fingerprint density at radius 3 is 2.35 bits per heavy atom. The van der Waals surface area contributed by atoms with Crippen molar-refractivity contribution in [3.63, 3.8) is 0 Å². The number of ether oxygens (including phenoxy) is 1. The Balaban J connectivity index is 1.98. The molecule has 0 aliphatic rings. The first-order valence-corrected chi connectivity index (χ1v) is 7.03. The molecule has 2 aromatic rings. The van der Waals surface area contributed by atoms with Gasteiger partial charge in [0.05, 0.1) is 7.11 Å². The SMILES string of the molecule is COc1ccc(C(C)NCc2ccc(C)cc2C)cc1. The van der Waals surface area contributed by atoms with Gasteiger partial charge >= 0.3 is 0 Å². The van der Waals surface area contributed by atoms with Crippen LogP contribution in [0.2, 0.25) is 0 Å².